The first-order valence-corrected chi connectivity index (χ1v) is 8.35. The maximum atomic E-state index is 4.68. The molecule has 0 amide bonds. The average molecular weight is 352 g/mol. The maximum absolute atomic E-state index is 4.68. The van der Waals surface area contributed by atoms with E-state index in [1.165, 1.54) is 16.7 Å². The SMILES string of the molecule is C[Si]C.[Zr].[c-]1cccc2c1C=C1C2=Nc2ccccc21. The standard InChI is InChI=1S/C15H8N.C2H6Si.Zr/c1-2-6-11-10(5-1)9-13-12-7-3-4-8-14(12)16-15(11)13;1-3-2;/h1-4,6-9H;1-2H3;/q-1;;. The molecule has 0 fully saturated rings. The van der Waals surface area contributed by atoms with E-state index in [0.29, 0.717) is 0 Å². The number of fused-ring (bicyclic) bond motifs is 5. The van der Waals surface area contributed by atoms with Crippen molar-refractivity contribution in [2.75, 3.05) is 0 Å². The van der Waals surface area contributed by atoms with Crippen molar-refractivity contribution in [2.24, 2.45) is 4.99 Å². The van der Waals surface area contributed by atoms with Crippen LogP contribution in [0.4, 0.5) is 5.69 Å². The molecule has 0 aromatic heterocycles. The number of hydrogen-bond acceptors (Lipinski definition) is 1. The summed E-state index contributed by atoms with van der Waals surface area (Å²) in [6.07, 6.45) is 2.18. The summed E-state index contributed by atoms with van der Waals surface area (Å²) in [6.45, 7) is 4.31. The van der Waals surface area contributed by atoms with Gasteiger partial charge in [-0.15, -0.1) is 35.9 Å². The molecule has 0 spiro atoms. The van der Waals surface area contributed by atoms with E-state index < -0.39 is 0 Å². The smallest absolute Gasteiger partial charge is 0.0697 e. The zero-order valence-corrected chi connectivity index (χ0v) is 15.0. The van der Waals surface area contributed by atoms with E-state index >= 15 is 0 Å². The zero-order valence-electron chi connectivity index (χ0n) is 11.6. The first kappa shape index (κ1) is 15.3. The van der Waals surface area contributed by atoms with Crippen molar-refractivity contribution in [3.8, 4) is 0 Å². The van der Waals surface area contributed by atoms with E-state index in [4.69, 9.17) is 0 Å². The van der Waals surface area contributed by atoms with Gasteiger partial charge >= 0.3 is 0 Å². The van der Waals surface area contributed by atoms with E-state index in [-0.39, 0.29) is 26.2 Å². The van der Waals surface area contributed by atoms with Gasteiger partial charge < -0.3 is 0 Å². The Morgan fingerprint density at radius 1 is 1.00 bits per heavy atom. The number of allylic oxidation sites excluding steroid dienone is 1. The van der Waals surface area contributed by atoms with Crippen LogP contribution in [0.15, 0.2) is 47.5 Å². The molecule has 1 nitrogen and oxygen atoms in total. The van der Waals surface area contributed by atoms with Crippen molar-refractivity contribution < 1.29 is 26.2 Å². The molecular formula is C17H14NSiZr-. The van der Waals surface area contributed by atoms with Gasteiger partial charge in [0.1, 0.15) is 0 Å². The van der Waals surface area contributed by atoms with Gasteiger partial charge in [-0.3, -0.25) is 4.99 Å². The third kappa shape index (κ3) is 2.57. The Morgan fingerprint density at radius 3 is 2.50 bits per heavy atom. The number of aliphatic imine (C=N–C) groups is 1. The molecule has 0 atom stereocenters. The zero-order chi connectivity index (χ0) is 13.2. The first-order valence-electron chi connectivity index (χ1n) is 6.35. The van der Waals surface area contributed by atoms with Crippen molar-refractivity contribution in [3.05, 3.63) is 65.2 Å². The minimum atomic E-state index is 0. The van der Waals surface area contributed by atoms with Gasteiger partial charge in [-0.2, -0.15) is 0 Å². The third-order valence-electron chi connectivity index (χ3n) is 3.11. The van der Waals surface area contributed by atoms with Gasteiger partial charge in [-0.25, -0.2) is 0 Å². The van der Waals surface area contributed by atoms with E-state index in [1.54, 1.807) is 0 Å². The van der Waals surface area contributed by atoms with Crippen molar-refractivity contribution in [1.82, 2.24) is 0 Å². The fourth-order valence-electron chi connectivity index (χ4n) is 2.38. The summed E-state index contributed by atoms with van der Waals surface area (Å²) < 4.78 is 0. The van der Waals surface area contributed by atoms with Crippen molar-refractivity contribution in [1.29, 1.82) is 0 Å². The quantitative estimate of drug-likeness (QED) is 0.497. The van der Waals surface area contributed by atoms with Gasteiger partial charge in [0.15, 0.2) is 0 Å². The summed E-state index contributed by atoms with van der Waals surface area (Å²) in [5.74, 6) is 0. The number of para-hydroxylation sites is 1. The van der Waals surface area contributed by atoms with Crippen molar-refractivity contribution >= 4 is 32.6 Å². The molecule has 2 aromatic rings. The second kappa shape index (κ2) is 6.60. The number of benzene rings is 2. The second-order valence-electron chi connectivity index (χ2n) is 4.53. The predicted octanol–water partition coefficient (Wildman–Crippen LogP) is 4.26. The fraction of sp³-hybridized carbons (Fsp3) is 0.118. The van der Waals surface area contributed by atoms with Gasteiger partial charge in [0.25, 0.3) is 0 Å². The number of hydrogen-bond donors (Lipinski definition) is 0. The maximum Gasteiger partial charge on any atom is 0.0697 e. The van der Waals surface area contributed by atoms with Gasteiger partial charge in [-0.05, 0) is 17.2 Å². The van der Waals surface area contributed by atoms with Gasteiger partial charge in [0, 0.05) is 41.4 Å². The Morgan fingerprint density at radius 2 is 1.70 bits per heavy atom. The Labute approximate surface area is 141 Å². The molecular weight excluding hydrogens is 338 g/mol. The van der Waals surface area contributed by atoms with Crippen molar-refractivity contribution in [2.45, 2.75) is 13.1 Å². The van der Waals surface area contributed by atoms with Gasteiger partial charge in [0.2, 0.25) is 0 Å². The molecule has 0 saturated carbocycles. The van der Waals surface area contributed by atoms with Crippen molar-refractivity contribution in [3.63, 3.8) is 0 Å². The minimum absolute atomic E-state index is 0. The second-order valence-corrected chi connectivity index (χ2v) is 5.53. The van der Waals surface area contributed by atoms with Crippen LogP contribution in [0, 0.1) is 6.07 Å². The summed E-state index contributed by atoms with van der Waals surface area (Å²) in [7, 11) is 1.08. The van der Waals surface area contributed by atoms with Crippen LogP contribution >= 0.6 is 0 Å². The van der Waals surface area contributed by atoms with Gasteiger partial charge in [-0.1, -0.05) is 36.9 Å². The topological polar surface area (TPSA) is 12.4 Å². The van der Waals surface area contributed by atoms with Gasteiger partial charge in [0.05, 0.1) is 5.69 Å². The van der Waals surface area contributed by atoms with Crippen LogP contribution in [-0.4, -0.2) is 15.2 Å². The van der Waals surface area contributed by atoms with Crippen LogP contribution in [0.3, 0.4) is 0 Å². The molecule has 4 rings (SSSR count). The summed E-state index contributed by atoms with van der Waals surface area (Å²) in [5.41, 5.74) is 7.03. The van der Waals surface area contributed by atoms with Crippen LogP contribution in [0.25, 0.3) is 11.6 Å². The van der Waals surface area contributed by atoms with Crippen LogP contribution in [-0.2, 0) is 26.2 Å². The number of rotatable bonds is 0. The van der Waals surface area contributed by atoms with Crippen LogP contribution in [0.1, 0.15) is 16.7 Å². The van der Waals surface area contributed by atoms with Crippen LogP contribution < -0.4 is 0 Å². The first-order chi connectivity index (χ1) is 9.35. The fourth-order valence-corrected chi connectivity index (χ4v) is 2.38. The molecule has 0 N–H and O–H groups in total. The van der Waals surface area contributed by atoms with Crippen LogP contribution in [0.2, 0.25) is 13.1 Å². The number of nitrogens with zero attached hydrogens (tertiary/aromatic N) is 1. The monoisotopic (exact) mass is 350 g/mol. The normalized spacial score (nSPS) is 12.9. The molecule has 2 aliphatic rings. The Kier molecular flexibility index (Phi) is 5.06. The molecule has 3 heteroatoms. The van der Waals surface area contributed by atoms with E-state index in [0.717, 1.165) is 26.5 Å². The van der Waals surface area contributed by atoms with E-state index in [2.05, 4.69) is 54.5 Å². The Bertz CT molecular complexity index is 629. The molecule has 1 aliphatic heterocycles. The largest absolute Gasteiger partial charge is 0.258 e. The third-order valence-corrected chi connectivity index (χ3v) is 3.11. The molecule has 0 saturated heterocycles. The summed E-state index contributed by atoms with van der Waals surface area (Å²) in [4.78, 5) is 4.68. The Hall–Kier alpha value is -1.05. The molecule has 1 aliphatic carbocycles. The summed E-state index contributed by atoms with van der Waals surface area (Å²) in [6, 6.07) is 17.6. The van der Waals surface area contributed by atoms with E-state index in [1.807, 2.05) is 18.2 Å². The molecule has 1 heterocycles. The summed E-state index contributed by atoms with van der Waals surface area (Å²) >= 11 is 0. The molecule has 2 aromatic carbocycles. The minimum Gasteiger partial charge on any atom is -0.258 e. The molecule has 0 unspecified atom stereocenters. The molecule has 20 heavy (non-hydrogen) atoms. The molecule has 96 valence electrons. The summed E-state index contributed by atoms with van der Waals surface area (Å²) in [5, 5.41) is 0. The van der Waals surface area contributed by atoms with Crippen LogP contribution in [0.5, 0.6) is 0 Å². The molecule has 2 radical (unpaired) electrons. The predicted molar refractivity (Wildman–Crippen MR) is 83.3 cm³/mol. The molecule has 0 bridgehead atoms. The van der Waals surface area contributed by atoms with E-state index in [9.17, 15) is 0 Å². The Balaban J connectivity index is 0.000000341. The average Bonchev–Trinajstić information content (AvgIpc) is 2.96.